The molecule has 3 heteroatoms. The minimum atomic E-state index is 0.796. The summed E-state index contributed by atoms with van der Waals surface area (Å²) in [5.41, 5.74) is 5.47. The molecule has 0 aromatic rings. The molecule has 0 saturated heterocycles. The number of rotatable bonds is 24. The van der Waals surface area contributed by atoms with Crippen molar-refractivity contribution in [2.75, 3.05) is 32.7 Å². The van der Waals surface area contributed by atoms with Gasteiger partial charge < -0.3 is 16.4 Å². The second-order valence-electron chi connectivity index (χ2n) is 8.30. The van der Waals surface area contributed by atoms with Crippen LogP contribution in [0, 0.1) is 0 Å². The van der Waals surface area contributed by atoms with Gasteiger partial charge in [-0.05, 0) is 52.0 Å². The van der Waals surface area contributed by atoms with Crippen LogP contribution in [0.4, 0.5) is 0 Å². The molecule has 0 rings (SSSR count). The molecule has 0 aromatic heterocycles. The fourth-order valence-corrected chi connectivity index (χ4v) is 3.61. The van der Waals surface area contributed by atoms with Crippen LogP contribution in [0.1, 0.15) is 122 Å². The zero-order valence-corrected chi connectivity index (χ0v) is 18.8. The maximum atomic E-state index is 5.47. The zero-order chi connectivity index (χ0) is 19.7. The smallest absolute Gasteiger partial charge is 0.00368 e. The summed E-state index contributed by atoms with van der Waals surface area (Å²) >= 11 is 0. The van der Waals surface area contributed by atoms with E-state index in [-0.39, 0.29) is 0 Å². The van der Waals surface area contributed by atoms with Crippen molar-refractivity contribution in [2.45, 2.75) is 122 Å². The van der Waals surface area contributed by atoms with Gasteiger partial charge in [0.25, 0.3) is 0 Å². The minimum Gasteiger partial charge on any atom is -0.330 e. The molecule has 0 amide bonds. The predicted molar refractivity (Wildman–Crippen MR) is 124 cm³/mol. The number of unbranched alkanes of at least 4 members (excludes halogenated alkanes) is 15. The van der Waals surface area contributed by atoms with Crippen LogP contribution in [0.5, 0.6) is 0 Å². The van der Waals surface area contributed by atoms with E-state index in [4.69, 9.17) is 5.73 Å². The summed E-state index contributed by atoms with van der Waals surface area (Å²) in [5.74, 6) is 0. The Labute approximate surface area is 172 Å². The molecule has 164 valence electrons. The van der Waals surface area contributed by atoms with Crippen molar-refractivity contribution in [3.63, 3.8) is 0 Å². The Hall–Kier alpha value is -0.120. The third kappa shape index (κ3) is 25.9. The number of nitrogens with two attached hydrogens (primary N) is 1. The molecule has 0 aliphatic carbocycles. The van der Waals surface area contributed by atoms with E-state index in [1.54, 1.807) is 0 Å². The first-order valence-electron chi connectivity index (χ1n) is 12.5. The minimum absolute atomic E-state index is 0.796. The molecule has 0 spiro atoms. The highest BCUT2D eigenvalue weighted by molar-refractivity contribution is 4.54. The maximum Gasteiger partial charge on any atom is -0.00368 e. The molecule has 3 nitrogen and oxygen atoms in total. The average molecular weight is 384 g/mol. The summed E-state index contributed by atoms with van der Waals surface area (Å²) < 4.78 is 0. The van der Waals surface area contributed by atoms with Gasteiger partial charge in [-0.1, -0.05) is 103 Å². The molecule has 0 fully saturated rings. The van der Waals surface area contributed by atoms with E-state index in [2.05, 4.69) is 17.6 Å². The van der Waals surface area contributed by atoms with E-state index >= 15 is 0 Å². The van der Waals surface area contributed by atoms with Crippen LogP contribution in [0.25, 0.3) is 0 Å². The van der Waals surface area contributed by atoms with Gasteiger partial charge in [0.15, 0.2) is 0 Å². The lowest BCUT2D eigenvalue weighted by Crippen LogP contribution is -2.24. The number of nitrogens with one attached hydrogen (secondary N) is 2. The van der Waals surface area contributed by atoms with Gasteiger partial charge in [-0.3, -0.25) is 0 Å². The molecular weight excluding hydrogens is 330 g/mol. The summed E-state index contributed by atoms with van der Waals surface area (Å²) in [6.45, 7) is 7.62. The molecular formula is C24H53N3. The maximum absolute atomic E-state index is 5.47. The van der Waals surface area contributed by atoms with Gasteiger partial charge >= 0.3 is 0 Å². The van der Waals surface area contributed by atoms with Crippen molar-refractivity contribution < 1.29 is 0 Å². The lowest BCUT2D eigenvalue weighted by Gasteiger charge is -2.06. The zero-order valence-electron chi connectivity index (χ0n) is 18.8. The van der Waals surface area contributed by atoms with E-state index in [0.717, 1.165) is 32.6 Å². The lowest BCUT2D eigenvalue weighted by atomic mass is 10.0. The van der Waals surface area contributed by atoms with Crippen LogP contribution in [0.15, 0.2) is 0 Å². The summed E-state index contributed by atoms with van der Waals surface area (Å²) in [6, 6.07) is 0. The van der Waals surface area contributed by atoms with Crippen LogP contribution in [0.2, 0.25) is 0 Å². The number of hydrogen-bond acceptors (Lipinski definition) is 3. The second-order valence-corrected chi connectivity index (χ2v) is 8.30. The van der Waals surface area contributed by atoms with E-state index in [1.165, 1.54) is 116 Å². The Morgan fingerprint density at radius 1 is 0.407 bits per heavy atom. The Bertz CT molecular complexity index is 222. The van der Waals surface area contributed by atoms with Gasteiger partial charge in [-0.15, -0.1) is 0 Å². The highest BCUT2D eigenvalue weighted by Gasteiger charge is 1.95. The fraction of sp³-hybridized carbons (Fsp3) is 1.00. The van der Waals surface area contributed by atoms with Gasteiger partial charge in [-0.25, -0.2) is 0 Å². The normalized spacial score (nSPS) is 11.3. The Kier molecular flexibility index (Phi) is 25.8. The molecule has 0 bridgehead atoms. The quantitative estimate of drug-likeness (QED) is 0.175. The molecule has 27 heavy (non-hydrogen) atoms. The molecule has 0 unspecified atom stereocenters. The standard InChI is InChI=1S/C24H53N3/c1-2-3-4-5-6-7-8-9-10-11-12-13-14-15-16-17-21-26-23-19-24-27-22-18-20-25/h26-27H,2-25H2,1H3. The van der Waals surface area contributed by atoms with Crippen molar-refractivity contribution in [1.29, 1.82) is 0 Å². The third-order valence-electron chi connectivity index (χ3n) is 5.47. The van der Waals surface area contributed by atoms with Crippen LogP contribution >= 0.6 is 0 Å². The monoisotopic (exact) mass is 383 g/mol. The van der Waals surface area contributed by atoms with E-state index in [1.807, 2.05) is 0 Å². The Morgan fingerprint density at radius 2 is 0.741 bits per heavy atom. The van der Waals surface area contributed by atoms with E-state index < -0.39 is 0 Å². The molecule has 0 radical (unpaired) electrons. The molecule has 0 atom stereocenters. The number of hydrogen-bond donors (Lipinski definition) is 3. The van der Waals surface area contributed by atoms with Crippen molar-refractivity contribution in [3.05, 3.63) is 0 Å². The van der Waals surface area contributed by atoms with Crippen LogP contribution in [-0.2, 0) is 0 Å². The fourth-order valence-electron chi connectivity index (χ4n) is 3.61. The van der Waals surface area contributed by atoms with Gasteiger partial charge in [0, 0.05) is 0 Å². The van der Waals surface area contributed by atoms with E-state index in [0.29, 0.717) is 0 Å². The average Bonchev–Trinajstić information content (AvgIpc) is 2.68. The topological polar surface area (TPSA) is 50.1 Å². The van der Waals surface area contributed by atoms with Crippen molar-refractivity contribution in [2.24, 2.45) is 5.73 Å². The Morgan fingerprint density at radius 3 is 1.15 bits per heavy atom. The summed E-state index contributed by atoms with van der Waals surface area (Å²) in [4.78, 5) is 0. The molecule has 0 saturated carbocycles. The first-order valence-corrected chi connectivity index (χ1v) is 12.5. The molecule has 4 N–H and O–H groups in total. The van der Waals surface area contributed by atoms with E-state index in [9.17, 15) is 0 Å². The van der Waals surface area contributed by atoms with Crippen LogP contribution in [0.3, 0.4) is 0 Å². The van der Waals surface area contributed by atoms with Crippen molar-refractivity contribution >= 4 is 0 Å². The predicted octanol–water partition coefficient (Wildman–Crippen LogP) is 6.17. The molecule has 0 aromatic carbocycles. The first-order chi connectivity index (χ1) is 13.4. The SMILES string of the molecule is CCCCCCCCCCCCCCCCCCNCCCNCCCN. The third-order valence-corrected chi connectivity index (χ3v) is 5.47. The van der Waals surface area contributed by atoms with Gasteiger partial charge in [0.05, 0.1) is 0 Å². The molecule has 0 aliphatic rings. The van der Waals surface area contributed by atoms with Crippen molar-refractivity contribution in [1.82, 2.24) is 10.6 Å². The lowest BCUT2D eigenvalue weighted by molar-refractivity contribution is 0.522. The Balaban J connectivity index is 2.95. The highest BCUT2D eigenvalue weighted by Crippen LogP contribution is 2.13. The first kappa shape index (κ1) is 26.9. The van der Waals surface area contributed by atoms with Crippen LogP contribution in [-0.4, -0.2) is 32.7 Å². The summed E-state index contributed by atoms with van der Waals surface area (Å²) in [5, 5.41) is 6.99. The summed E-state index contributed by atoms with van der Waals surface area (Å²) in [6.07, 6.45) is 25.4. The van der Waals surface area contributed by atoms with Gasteiger partial charge in [0.2, 0.25) is 0 Å². The second kappa shape index (κ2) is 25.9. The largest absolute Gasteiger partial charge is 0.330 e. The molecule has 0 aliphatic heterocycles. The molecule has 0 heterocycles. The summed E-state index contributed by atoms with van der Waals surface area (Å²) in [7, 11) is 0. The van der Waals surface area contributed by atoms with Crippen LogP contribution < -0.4 is 16.4 Å². The highest BCUT2D eigenvalue weighted by atomic mass is 14.9. The van der Waals surface area contributed by atoms with Gasteiger partial charge in [0.1, 0.15) is 0 Å². The van der Waals surface area contributed by atoms with Crippen molar-refractivity contribution in [3.8, 4) is 0 Å². The van der Waals surface area contributed by atoms with Gasteiger partial charge in [-0.2, -0.15) is 0 Å².